The van der Waals surface area contributed by atoms with Crippen LogP contribution in [0.4, 0.5) is 10.1 Å². The highest BCUT2D eigenvalue weighted by molar-refractivity contribution is 5.46. The Bertz CT molecular complexity index is 420. The van der Waals surface area contributed by atoms with Gasteiger partial charge in [0.15, 0.2) is 0 Å². The van der Waals surface area contributed by atoms with Crippen LogP contribution in [-0.2, 0) is 0 Å². The second-order valence-corrected chi connectivity index (χ2v) is 6.29. The largest absolute Gasteiger partial charge is 0.369 e. The normalized spacial score (nSPS) is 21.7. The van der Waals surface area contributed by atoms with E-state index < -0.39 is 0 Å². The zero-order valence-corrected chi connectivity index (χ0v) is 12.7. The molecule has 0 bridgehead atoms. The third-order valence-corrected chi connectivity index (χ3v) is 4.88. The molecule has 0 aliphatic carbocycles. The van der Waals surface area contributed by atoms with Crippen molar-refractivity contribution >= 4 is 5.69 Å². The predicted octanol–water partition coefficient (Wildman–Crippen LogP) is 2.34. The van der Waals surface area contributed by atoms with E-state index >= 15 is 0 Å². The highest BCUT2D eigenvalue weighted by Crippen LogP contribution is 2.19. The van der Waals surface area contributed by atoms with Crippen LogP contribution in [0.3, 0.4) is 0 Å². The van der Waals surface area contributed by atoms with Crippen LogP contribution in [0, 0.1) is 11.7 Å². The molecule has 21 heavy (non-hydrogen) atoms. The van der Waals surface area contributed by atoms with Gasteiger partial charge >= 0.3 is 0 Å². The Morgan fingerprint density at radius 1 is 1.00 bits per heavy atom. The Labute approximate surface area is 127 Å². The molecule has 2 saturated heterocycles. The Balaban J connectivity index is 1.41. The standard InChI is InChI=1S/C17H26FN3/c18-16-1-3-17(4-2-16)21-13-11-20(12-14-21)10-7-15-5-8-19-9-6-15/h1-4,15,19H,5-14H2. The number of anilines is 1. The molecule has 116 valence electrons. The van der Waals surface area contributed by atoms with Gasteiger partial charge in [0.2, 0.25) is 0 Å². The molecule has 1 aromatic carbocycles. The average Bonchev–Trinajstić information content (AvgIpc) is 2.55. The van der Waals surface area contributed by atoms with Gasteiger partial charge in [-0.25, -0.2) is 4.39 Å². The van der Waals surface area contributed by atoms with E-state index in [1.54, 1.807) is 12.1 Å². The number of nitrogens with one attached hydrogen (secondary N) is 1. The van der Waals surface area contributed by atoms with E-state index in [0.29, 0.717) is 0 Å². The van der Waals surface area contributed by atoms with Gasteiger partial charge in [0.1, 0.15) is 5.82 Å². The smallest absolute Gasteiger partial charge is 0.123 e. The molecule has 4 heteroatoms. The Morgan fingerprint density at radius 2 is 1.67 bits per heavy atom. The summed E-state index contributed by atoms with van der Waals surface area (Å²) >= 11 is 0. The summed E-state index contributed by atoms with van der Waals surface area (Å²) < 4.78 is 13.0. The summed E-state index contributed by atoms with van der Waals surface area (Å²) in [6, 6.07) is 6.89. The van der Waals surface area contributed by atoms with E-state index in [1.807, 2.05) is 12.1 Å². The van der Waals surface area contributed by atoms with Crippen molar-refractivity contribution in [3.63, 3.8) is 0 Å². The lowest BCUT2D eigenvalue weighted by molar-refractivity contribution is 0.224. The van der Waals surface area contributed by atoms with E-state index in [4.69, 9.17) is 0 Å². The quantitative estimate of drug-likeness (QED) is 0.918. The first-order valence-corrected chi connectivity index (χ1v) is 8.25. The highest BCUT2D eigenvalue weighted by atomic mass is 19.1. The van der Waals surface area contributed by atoms with Crippen molar-refractivity contribution in [2.45, 2.75) is 19.3 Å². The van der Waals surface area contributed by atoms with Crippen molar-refractivity contribution in [1.82, 2.24) is 10.2 Å². The van der Waals surface area contributed by atoms with Crippen molar-refractivity contribution in [2.75, 3.05) is 50.7 Å². The second kappa shape index (κ2) is 7.23. The fraction of sp³-hybridized carbons (Fsp3) is 0.647. The summed E-state index contributed by atoms with van der Waals surface area (Å²) in [5.41, 5.74) is 1.15. The molecule has 2 aliphatic heterocycles. The Kier molecular flexibility index (Phi) is 5.09. The first-order valence-electron chi connectivity index (χ1n) is 8.25. The molecule has 1 N–H and O–H groups in total. The summed E-state index contributed by atoms with van der Waals surface area (Å²) in [6.07, 6.45) is 4.03. The molecule has 0 aromatic heterocycles. The minimum Gasteiger partial charge on any atom is -0.369 e. The van der Waals surface area contributed by atoms with Gasteiger partial charge in [-0.3, -0.25) is 4.90 Å². The van der Waals surface area contributed by atoms with Crippen LogP contribution in [0.2, 0.25) is 0 Å². The van der Waals surface area contributed by atoms with Gasteiger partial charge in [-0.15, -0.1) is 0 Å². The van der Waals surface area contributed by atoms with E-state index in [-0.39, 0.29) is 5.82 Å². The van der Waals surface area contributed by atoms with Crippen LogP contribution in [-0.4, -0.2) is 50.7 Å². The van der Waals surface area contributed by atoms with Gasteiger partial charge in [-0.2, -0.15) is 0 Å². The topological polar surface area (TPSA) is 18.5 Å². The van der Waals surface area contributed by atoms with E-state index in [9.17, 15) is 4.39 Å². The van der Waals surface area contributed by atoms with E-state index in [1.165, 1.54) is 38.9 Å². The van der Waals surface area contributed by atoms with Crippen molar-refractivity contribution in [2.24, 2.45) is 5.92 Å². The van der Waals surface area contributed by atoms with Gasteiger partial charge in [0.05, 0.1) is 0 Å². The maximum absolute atomic E-state index is 13.0. The zero-order valence-electron chi connectivity index (χ0n) is 12.7. The molecule has 0 amide bonds. The molecule has 2 heterocycles. The Hall–Kier alpha value is -1.13. The van der Waals surface area contributed by atoms with Crippen LogP contribution in [0.15, 0.2) is 24.3 Å². The van der Waals surface area contributed by atoms with Crippen molar-refractivity contribution in [1.29, 1.82) is 0 Å². The molecule has 0 radical (unpaired) electrons. The minimum atomic E-state index is -0.153. The molecule has 0 spiro atoms. The lowest BCUT2D eigenvalue weighted by Gasteiger charge is -2.37. The van der Waals surface area contributed by atoms with Crippen molar-refractivity contribution in [3.05, 3.63) is 30.1 Å². The number of benzene rings is 1. The molecule has 1 aromatic rings. The number of piperidine rings is 1. The third-order valence-electron chi connectivity index (χ3n) is 4.88. The summed E-state index contributed by atoms with van der Waals surface area (Å²) in [7, 11) is 0. The minimum absolute atomic E-state index is 0.153. The van der Waals surface area contributed by atoms with E-state index in [2.05, 4.69) is 15.1 Å². The molecule has 0 unspecified atom stereocenters. The maximum atomic E-state index is 13.0. The average molecular weight is 291 g/mol. The molecular formula is C17H26FN3. The van der Waals surface area contributed by atoms with Crippen LogP contribution in [0.1, 0.15) is 19.3 Å². The molecule has 3 rings (SSSR count). The molecule has 2 aliphatic rings. The number of halogens is 1. The summed E-state index contributed by atoms with van der Waals surface area (Å²) in [5, 5.41) is 3.43. The van der Waals surface area contributed by atoms with Crippen molar-refractivity contribution < 1.29 is 4.39 Å². The predicted molar refractivity (Wildman–Crippen MR) is 85.3 cm³/mol. The lowest BCUT2D eigenvalue weighted by atomic mass is 9.94. The summed E-state index contributed by atoms with van der Waals surface area (Å²) in [4.78, 5) is 4.95. The Morgan fingerprint density at radius 3 is 2.33 bits per heavy atom. The number of nitrogens with zero attached hydrogens (tertiary/aromatic N) is 2. The zero-order chi connectivity index (χ0) is 14.5. The number of rotatable bonds is 4. The van der Waals surface area contributed by atoms with Crippen molar-refractivity contribution in [3.8, 4) is 0 Å². The molecule has 0 saturated carbocycles. The lowest BCUT2D eigenvalue weighted by Crippen LogP contribution is -2.47. The fourth-order valence-corrected chi connectivity index (χ4v) is 3.42. The second-order valence-electron chi connectivity index (χ2n) is 6.29. The summed E-state index contributed by atoms with van der Waals surface area (Å²) in [5.74, 6) is 0.765. The maximum Gasteiger partial charge on any atom is 0.123 e. The van der Waals surface area contributed by atoms with Crippen LogP contribution in [0.5, 0.6) is 0 Å². The number of piperazine rings is 1. The molecular weight excluding hydrogens is 265 g/mol. The summed E-state index contributed by atoms with van der Waals surface area (Å²) in [6.45, 7) is 7.99. The van der Waals surface area contributed by atoms with Gasteiger partial charge in [-0.05, 0) is 69.1 Å². The SMILES string of the molecule is Fc1ccc(N2CCN(CCC3CCNCC3)CC2)cc1. The van der Waals surface area contributed by atoms with Crippen LogP contribution >= 0.6 is 0 Å². The van der Waals surface area contributed by atoms with Gasteiger partial charge < -0.3 is 10.2 Å². The highest BCUT2D eigenvalue weighted by Gasteiger charge is 2.19. The third kappa shape index (κ3) is 4.17. The van der Waals surface area contributed by atoms with Gasteiger partial charge in [0.25, 0.3) is 0 Å². The van der Waals surface area contributed by atoms with Crippen LogP contribution in [0.25, 0.3) is 0 Å². The molecule has 0 atom stereocenters. The molecule has 2 fully saturated rings. The first kappa shape index (κ1) is 14.8. The monoisotopic (exact) mass is 291 g/mol. The number of hydrogen-bond donors (Lipinski definition) is 1. The van der Waals surface area contributed by atoms with Gasteiger partial charge in [-0.1, -0.05) is 0 Å². The van der Waals surface area contributed by atoms with Crippen LogP contribution < -0.4 is 10.2 Å². The molecule has 3 nitrogen and oxygen atoms in total. The van der Waals surface area contributed by atoms with E-state index in [0.717, 1.165) is 37.8 Å². The number of hydrogen-bond acceptors (Lipinski definition) is 3. The first-order chi connectivity index (χ1) is 10.3. The van der Waals surface area contributed by atoms with Gasteiger partial charge in [0, 0.05) is 31.9 Å². The fourth-order valence-electron chi connectivity index (χ4n) is 3.42.